The predicted octanol–water partition coefficient (Wildman–Crippen LogP) is 2.12. The maximum absolute atomic E-state index is 11.3. The fraction of sp³-hybridized carbons (Fsp3) is 0.250. The lowest BCUT2D eigenvalue weighted by atomic mass is 10.2. The summed E-state index contributed by atoms with van der Waals surface area (Å²) in [6.45, 7) is 1.01. The smallest absolute Gasteiger partial charge is 0.244 e. The minimum Gasteiger partial charge on any atom is -0.383 e. The number of benzene rings is 1. The second kappa shape index (κ2) is 7.04. The number of amides is 1. The summed E-state index contributed by atoms with van der Waals surface area (Å²) >= 11 is 5.93. The second-order valence-corrected chi connectivity index (χ2v) is 3.55. The van der Waals surface area contributed by atoms with Crippen LogP contribution in [0.2, 0.25) is 5.02 Å². The zero-order valence-electron chi connectivity index (χ0n) is 9.07. The Kier molecular flexibility index (Phi) is 5.61. The van der Waals surface area contributed by atoms with Crippen molar-refractivity contribution < 1.29 is 9.53 Å². The molecule has 1 aromatic rings. The van der Waals surface area contributed by atoms with Crippen molar-refractivity contribution in [2.45, 2.75) is 0 Å². The molecule has 1 rings (SSSR count). The lowest BCUT2D eigenvalue weighted by molar-refractivity contribution is -0.116. The van der Waals surface area contributed by atoms with E-state index in [9.17, 15) is 4.79 Å². The van der Waals surface area contributed by atoms with Gasteiger partial charge in [0.15, 0.2) is 0 Å². The van der Waals surface area contributed by atoms with E-state index in [2.05, 4.69) is 5.32 Å². The fourth-order valence-electron chi connectivity index (χ4n) is 1.11. The normalized spacial score (nSPS) is 10.6. The van der Waals surface area contributed by atoms with Crippen LogP contribution in [0.4, 0.5) is 0 Å². The minimum atomic E-state index is -0.156. The third kappa shape index (κ3) is 4.47. The highest BCUT2D eigenvalue weighted by Crippen LogP contribution is 2.15. The number of rotatable bonds is 5. The first-order valence-electron chi connectivity index (χ1n) is 4.93. The van der Waals surface area contributed by atoms with Crippen molar-refractivity contribution in [1.29, 1.82) is 0 Å². The van der Waals surface area contributed by atoms with E-state index in [1.807, 2.05) is 18.2 Å². The van der Waals surface area contributed by atoms with Gasteiger partial charge >= 0.3 is 0 Å². The van der Waals surface area contributed by atoms with Crippen LogP contribution < -0.4 is 5.32 Å². The van der Waals surface area contributed by atoms with Crippen LogP contribution in [-0.2, 0) is 9.53 Å². The molecule has 0 saturated heterocycles. The molecular formula is C12H14ClNO2. The number of carbonyl (C=O) groups is 1. The van der Waals surface area contributed by atoms with E-state index < -0.39 is 0 Å². The van der Waals surface area contributed by atoms with Crippen LogP contribution in [0.5, 0.6) is 0 Å². The van der Waals surface area contributed by atoms with Crippen molar-refractivity contribution in [2.24, 2.45) is 0 Å². The molecule has 16 heavy (non-hydrogen) atoms. The average molecular weight is 240 g/mol. The first-order chi connectivity index (χ1) is 7.74. The molecule has 0 heterocycles. The Morgan fingerprint density at radius 3 is 2.94 bits per heavy atom. The van der Waals surface area contributed by atoms with Crippen molar-refractivity contribution in [3.05, 3.63) is 40.9 Å². The van der Waals surface area contributed by atoms with Crippen LogP contribution in [-0.4, -0.2) is 26.2 Å². The average Bonchev–Trinajstić information content (AvgIpc) is 2.28. The summed E-state index contributed by atoms with van der Waals surface area (Å²) in [5.74, 6) is -0.156. The van der Waals surface area contributed by atoms with Gasteiger partial charge in [0.1, 0.15) is 0 Å². The zero-order chi connectivity index (χ0) is 11.8. The number of halogens is 1. The van der Waals surface area contributed by atoms with Gasteiger partial charge in [-0.15, -0.1) is 0 Å². The van der Waals surface area contributed by atoms with Gasteiger partial charge < -0.3 is 10.1 Å². The summed E-state index contributed by atoms with van der Waals surface area (Å²) in [6, 6.07) is 7.35. The lowest BCUT2D eigenvalue weighted by Crippen LogP contribution is -2.24. The molecule has 1 amide bonds. The molecule has 4 heteroatoms. The van der Waals surface area contributed by atoms with Crippen molar-refractivity contribution in [3.63, 3.8) is 0 Å². The molecule has 0 fully saturated rings. The van der Waals surface area contributed by atoms with Crippen molar-refractivity contribution in [1.82, 2.24) is 5.32 Å². The topological polar surface area (TPSA) is 38.3 Å². The summed E-state index contributed by atoms with van der Waals surface area (Å²) in [4.78, 5) is 11.3. The molecular weight excluding hydrogens is 226 g/mol. The molecule has 1 N–H and O–H groups in total. The van der Waals surface area contributed by atoms with Crippen molar-refractivity contribution in [2.75, 3.05) is 20.3 Å². The largest absolute Gasteiger partial charge is 0.383 e. The minimum absolute atomic E-state index is 0.156. The Bertz CT molecular complexity index is 377. The molecule has 0 aliphatic carbocycles. The highest BCUT2D eigenvalue weighted by molar-refractivity contribution is 6.32. The van der Waals surface area contributed by atoms with Crippen molar-refractivity contribution >= 4 is 23.6 Å². The van der Waals surface area contributed by atoms with E-state index in [0.29, 0.717) is 18.2 Å². The molecule has 0 aliphatic heterocycles. The van der Waals surface area contributed by atoms with Gasteiger partial charge in [-0.25, -0.2) is 0 Å². The third-order valence-corrected chi connectivity index (χ3v) is 2.27. The monoisotopic (exact) mass is 239 g/mol. The van der Waals surface area contributed by atoms with E-state index in [1.54, 1.807) is 19.3 Å². The third-order valence-electron chi connectivity index (χ3n) is 1.92. The van der Waals surface area contributed by atoms with E-state index in [4.69, 9.17) is 16.3 Å². The summed E-state index contributed by atoms with van der Waals surface area (Å²) < 4.78 is 4.81. The summed E-state index contributed by atoms with van der Waals surface area (Å²) in [6.07, 6.45) is 3.14. The zero-order valence-corrected chi connectivity index (χ0v) is 9.83. The molecule has 1 aromatic carbocycles. The van der Waals surface area contributed by atoms with E-state index in [0.717, 1.165) is 5.56 Å². The molecule has 0 atom stereocenters. The SMILES string of the molecule is COCCNC(=O)C=Cc1ccccc1Cl. The molecule has 86 valence electrons. The molecule has 0 aliphatic rings. The number of hydrogen-bond acceptors (Lipinski definition) is 2. The van der Waals surface area contributed by atoms with Gasteiger partial charge in [0, 0.05) is 24.8 Å². The quantitative estimate of drug-likeness (QED) is 0.631. The Hall–Kier alpha value is -1.32. The summed E-state index contributed by atoms with van der Waals surface area (Å²) in [5.41, 5.74) is 0.825. The summed E-state index contributed by atoms with van der Waals surface area (Å²) in [7, 11) is 1.59. The molecule has 0 aromatic heterocycles. The first-order valence-corrected chi connectivity index (χ1v) is 5.31. The highest BCUT2D eigenvalue weighted by Gasteiger charge is 1.96. The van der Waals surface area contributed by atoms with Gasteiger partial charge in [-0.1, -0.05) is 29.8 Å². The van der Waals surface area contributed by atoms with Crippen molar-refractivity contribution in [3.8, 4) is 0 Å². The predicted molar refractivity (Wildman–Crippen MR) is 65.4 cm³/mol. The van der Waals surface area contributed by atoms with Crippen LogP contribution in [0.25, 0.3) is 6.08 Å². The number of ether oxygens (including phenoxy) is 1. The van der Waals surface area contributed by atoms with Gasteiger partial charge in [0.2, 0.25) is 5.91 Å². The fourth-order valence-corrected chi connectivity index (χ4v) is 1.31. The Morgan fingerprint density at radius 2 is 2.25 bits per heavy atom. The van der Waals surface area contributed by atoms with E-state index in [1.165, 1.54) is 6.08 Å². The number of carbonyl (C=O) groups excluding carboxylic acids is 1. The molecule has 0 unspecified atom stereocenters. The molecule has 3 nitrogen and oxygen atoms in total. The Morgan fingerprint density at radius 1 is 1.50 bits per heavy atom. The Balaban J connectivity index is 2.47. The number of hydrogen-bond donors (Lipinski definition) is 1. The van der Waals surface area contributed by atoms with E-state index >= 15 is 0 Å². The van der Waals surface area contributed by atoms with Crippen LogP contribution in [0, 0.1) is 0 Å². The maximum Gasteiger partial charge on any atom is 0.244 e. The van der Waals surface area contributed by atoms with Crippen LogP contribution in [0.3, 0.4) is 0 Å². The van der Waals surface area contributed by atoms with Gasteiger partial charge in [-0.3, -0.25) is 4.79 Å². The number of methoxy groups -OCH3 is 1. The lowest BCUT2D eigenvalue weighted by Gasteiger charge is -2.00. The van der Waals surface area contributed by atoms with E-state index in [-0.39, 0.29) is 5.91 Å². The van der Waals surface area contributed by atoms with Crippen LogP contribution in [0.1, 0.15) is 5.56 Å². The molecule has 0 saturated carbocycles. The van der Waals surface area contributed by atoms with Crippen LogP contribution >= 0.6 is 11.6 Å². The number of nitrogens with one attached hydrogen (secondary N) is 1. The van der Waals surface area contributed by atoms with Gasteiger partial charge in [-0.2, -0.15) is 0 Å². The van der Waals surface area contributed by atoms with Gasteiger partial charge in [0.25, 0.3) is 0 Å². The first kappa shape index (κ1) is 12.7. The molecule has 0 radical (unpaired) electrons. The van der Waals surface area contributed by atoms with Gasteiger partial charge in [-0.05, 0) is 17.7 Å². The maximum atomic E-state index is 11.3. The molecule has 0 spiro atoms. The van der Waals surface area contributed by atoms with Crippen LogP contribution in [0.15, 0.2) is 30.3 Å². The highest BCUT2D eigenvalue weighted by atomic mass is 35.5. The molecule has 0 bridgehead atoms. The second-order valence-electron chi connectivity index (χ2n) is 3.14. The van der Waals surface area contributed by atoms with Gasteiger partial charge in [0.05, 0.1) is 6.61 Å². The Labute approximate surface area is 100 Å². The summed E-state index contributed by atoms with van der Waals surface area (Å²) in [5, 5.41) is 3.31. The standard InChI is InChI=1S/C12H14ClNO2/c1-16-9-8-14-12(15)7-6-10-4-2-3-5-11(10)13/h2-7H,8-9H2,1H3,(H,14,15).